The number of fused-ring (bicyclic) bond motifs is 1. The topological polar surface area (TPSA) is 44.9 Å². The molecular formula is C15H20N2O. The second-order valence-corrected chi connectivity index (χ2v) is 4.78. The van der Waals surface area contributed by atoms with Crippen LogP contribution in [0, 0.1) is 0 Å². The lowest BCUT2D eigenvalue weighted by Gasteiger charge is -2.13. The van der Waals surface area contributed by atoms with Crippen LogP contribution >= 0.6 is 0 Å². The molecule has 0 saturated heterocycles. The van der Waals surface area contributed by atoms with E-state index in [1.54, 1.807) is 0 Å². The Morgan fingerprint density at radius 2 is 2.17 bits per heavy atom. The van der Waals surface area contributed by atoms with Crippen LogP contribution in [0.1, 0.15) is 32.3 Å². The molecule has 96 valence electrons. The first-order valence-electron chi connectivity index (χ1n) is 6.55. The zero-order chi connectivity index (χ0) is 13.0. The first-order chi connectivity index (χ1) is 8.70. The molecule has 1 aromatic carbocycles. The number of hydrogen-bond donors (Lipinski definition) is 2. The molecule has 1 aromatic heterocycles. The lowest BCUT2D eigenvalue weighted by Crippen LogP contribution is -2.33. The highest BCUT2D eigenvalue weighted by Crippen LogP contribution is 2.18. The monoisotopic (exact) mass is 244 g/mol. The number of hydrogen-bond acceptors (Lipinski definition) is 1. The van der Waals surface area contributed by atoms with Gasteiger partial charge in [-0.1, -0.05) is 25.1 Å². The maximum absolute atomic E-state index is 11.5. The molecule has 0 fully saturated rings. The molecule has 0 aliphatic rings. The average molecular weight is 244 g/mol. The summed E-state index contributed by atoms with van der Waals surface area (Å²) in [5, 5.41) is 4.28. The molecule has 0 spiro atoms. The summed E-state index contributed by atoms with van der Waals surface area (Å²) in [6.07, 6.45) is 4.40. The summed E-state index contributed by atoms with van der Waals surface area (Å²) in [6, 6.07) is 8.42. The van der Waals surface area contributed by atoms with Crippen LogP contribution in [0.4, 0.5) is 0 Å². The van der Waals surface area contributed by atoms with Crippen LogP contribution in [-0.4, -0.2) is 16.9 Å². The predicted molar refractivity (Wildman–Crippen MR) is 74.5 cm³/mol. The number of H-pyrrole nitrogens is 1. The van der Waals surface area contributed by atoms with Gasteiger partial charge in [-0.2, -0.15) is 0 Å². The molecule has 18 heavy (non-hydrogen) atoms. The van der Waals surface area contributed by atoms with Crippen LogP contribution in [0.5, 0.6) is 0 Å². The fourth-order valence-electron chi connectivity index (χ4n) is 2.26. The van der Waals surface area contributed by atoms with Crippen molar-refractivity contribution in [1.29, 1.82) is 0 Å². The summed E-state index contributed by atoms with van der Waals surface area (Å²) < 4.78 is 0. The van der Waals surface area contributed by atoms with Gasteiger partial charge >= 0.3 is 0 Å². The van der Waals surface area contributed by atoms with Crippen molar-refractivity contribution < 1.29 is 4.79 Å². The van der Waals surface area contributed by atoms with Gasteiger partial charge in [-0.15, -0.1) is 0 Å². The maximum Gasteiger partial charge on any atom is 0.220 e. The Morgan fingerprint density at radius 1 is 1.39 bits per heavy atom. The number of aromatic nitrogens is 1. The molecule has 3 heteroatoms. The van der Waals surface area contributed by atoms with Gasteiger partial charge in [0.25, 0.3) is 0 Å². The molecule has 0 bridgehead atoms. The van der Waals surface area contributed by atoms with Gasteiger partial charge in [-0.05, 0) is 31.4 Å². The van der Waals surface area contributed by atoms with Crippen molar-refractivity contribution in [2.45, 2.75) is 39.2 Å². The van der Waals surface area contributed by atoms with E-state index < -0.39 is 0 Å². The minimum Gasteiger partial charge on any atom is -0.361 e. The quantitative estimate of drug-likeness (QED) is 0.834. The molecule has 2 rings (SSSR count). The third-order valence-corrected chi connectivity index (χ3v) is 3.09. The first kappa shape index (κ1) is 12.7. The Bertz CT molecular complexity index is 530. The minimum atomic E-state index is 0.143. The summed E-state index contributed by atoms with van der Waals surface area (Å²) in [4.78, 5) is 14.8. The number of nitrogens with one attached hydrogen (secondary N) is 2. The van der Waals surface area contributed by atoms with Gasteiger partial charge in [0.1, 0.15) is 0 Å². The number of para-hydroxylation sites is 1. The average Bonchev–Trinajstić information content (AvgIpc) is 2.73. The third-order valence-electron chi connectivity index (χ3n) is 3.09. The number of aromatic amines is 1. The van der Waals surface area contributed by atoms with Gasteiger partial charge in [0.2, 0.25) is 5.91 Å². The lowest BCUT2D eigenvalue weighted by molar-refractivity contribution is -0.121. The van der Waals surface area contributed by atoms with Gasteiger partial charge in [0.15, 0.2) is 0 Å². The SMILES string of the molecule is CCCC(=O)N[C@H](C)Cc1c[nH]c2ccccc12. The van der Waals surface area contributed by atoms with E-state index in [-0.39, 0.29) is 11.9 Å². The van der Waals surface area contributed by atoms with Gasteiger partial charge in [-0.3, -0.25) is 4.79 Å². The van der Waals surface area contributed by atoms with Crippen molar-refractivity contribution in [1.82, 2.24) is 10.3 Å². The Labute approximate surface area is 108 Å². The zero-order valence-electron chi connectivity index (χ0n) is 11.0. The van der Waals surface area contributed by atoms with Crippen LogP contribution in [-0.2, 0) is 11.2 Å². The summed E-state index contributed by atoms with van der Waals surface area (Å²) in [5.41, 5.74) is 2.41. The molecule has 0 aliphatic carbocycles. The fourth-order valence-corrected chi connectivity index (χ4v) is 2.26. The van der Waals surface area contributed by atoms with Crippen LogP contribution in [0.2, 0.25) is 0 Å². The van der Waals surface area contributed by atoms with E-state index in [2.05, 4.69) is 29.4 Å². The molecule has 0 aliphatic heterocycles. The van der Waals surface area contributed by atoms with E-state index in [4.69, 9.17) is 0 Å². The van der Waals surface area contributed by atoms with Gasteiger partial charge < -0.3 is 10.3 Å². The molecule has 0 radical (unpaired) electrons. The highest BCUT2D eigenvalue weighted by molar-refractivity contribution is 5.83. The molecule has 3 nitrogen and oxygen atoms in total. The summed E-state index contributed by atoms with van der Waals surface area (Å²) in [5.74, 6) is 0.143. The van der Waals surface area contributed by atoms with Gasteiger partial charge in [-0.25, -0.2) is 0 Å². The third kappa shape index (κ3) is 2.92. The van der Waals surface area contributed by atoms with Crippen molar-refractivity contribution in [2.24, 2.45) is 0 Å². The van der Waals surface area contributed by atoms with E-state index >= 15 is 0 Å². The Balaban J connectivity index is 2.03. The maximum atomic E-state index is 11.5. The van der Waals surface area contributed by atoms with Crippen molar-refractivity contribution in [3.63, 3.8) is 0 Å². The van der Waals surface area contributed by atoms with Crippen LogP contribution in [0.25, 0.3) is 10.9 Å². The molecular weight excluding hydrogens is 224 g/mol. The van der Waals surface area contributed by atoms with E-state index in [1.807, 2.05) is 25.3 Å². The number of carbonyl (C=O) groups is 1. The van der Waals surface area contributed by atoms with Crippen molar-refractivity contribution in [3.05, 3.63) is 36.0 Å². The number of rotatable bonds is 5. The van der Waals surface area contributed by atoms with Crippen molar-refractivity contribution in [2.75, 3.05) is 0 Å². The smallest absolute Gasteiger partial charge is 0.220 e. The Morgan fingerprint density at radius 3 is 2.94 bits per heavy atom. The molecule has 1 amide bonds. The van der Waals surface area contributed by atoms with Gasteiger partial charge in [0, 0.05) is 29.6 Å². The summed E-state index contributed by atoms with van der Waals surface area (Å²) in [6.45, 7) is 4.07. The lowest BCUT2D eigenvalue weighted by atomic mass is 10.1. The molecule has 2 N–H and O–H groups in total. The number of benzene rings is 1. The number of carbonyl (C=O) groups excluding carboxylic acids is 1. The van der Waals surface area contributed by atoms with Crippen LogP contribution in [0.3, 0.4) is 0 Å². The first-order valence-corrected chi connectivity index (χ1v) is 6.55. The normalized spacial score (nSPS) is 12.6. The molecule has 0 unspecified atom stereocenters. The van der Waals surface area contributed by atoms with Crippen molar-refractivity contribution >= 4 is 16.8 Å². The second-order valence-electron chi connectivity index (χ2n) is 4.78. The van der Waals surface area contributed by atoms with Crippen LogP contribution in [0.15, 0.2) is 30.5 Å². The molecule has 1 heterocycles. The zero-order valence-corrected chi connectivity index (χ0v) is 11.0. The van der Waals surface area contributed by atoms with E-state index in [0.29, 0.717) is 6.42 Å². The molecule has 0 saturated carbocycles. The van der Waals surface area contributed by atoms with E-state index in [0.717, 1.165) is 18.4 Å². The molecule has 2 aromatic rings. The highest BCUT2D eigenvalue weighted by atomic mass is 16.1. The van der Waals surface area contributed by atoms with E-state index in [1.165, 1.54) is 10.9 Å². The highest BCUT2D eigenvalue weighted by Gasteiger charge is 2.10. The predicted octanol–water partition coefficient (Wildman–Crippen LogP) is 3.02. The van der Waals surface area contributed by atoms with Crippen LogP contribution < -0.4 is 5.32 Å². The minimum absolute atomic E-state index is 0.143. The summed E-state index contributed by atoms with van der Waals surface area (Å²) in [7, 11) is 0. The van der Waals surface area contributed by atoms with E-state index in [9.17, 15) is 4.79 Å². The Kier molecular flexibility index (Phi) is 4.03. The van der Waals surface area contributed by atoms with Crippen molar-refractivity contribution in [3.8, 4) is 0 Å². The van der Waals surface area contributed by atoms with Gasteiger partial charge in [0.05, 0.1) is 0 Å². The standard InChI is InChI=1S/C15H20N2O/c1-3-6-15(18)17-11(2)9-12-10-16-14-8-5-4-7-13(12)14/h4-5,7-8,10-11,16H,3,6,9H2,1-2H3,(H,17,18)/t11-/m1/s1. The molecule has 1 atom stereocenters. The fraction of sp³-hybridized carbons (Fsp3) is 0.400. The second kappa shape index (κ2) is 5.71. The summed E-state index contributed by atoms with van der Waals surface area (Å²) >= 11 is 0. The Hall–Kier alpha value is -1.77. The number of amides is 1. The largest absolute Gasteiger partial charge is 0.361 e.